The van der Waals surface area contributed by atoms with Gasteiger partial charge in [-0.15, -0.1) is 0 Å². The van der Waals surface area contributed by atoms with Crippen LogP contribution in [-0.4, -0.2) is 16.0 Å². The van der Waals surface area contributed by atoms with Gasteiger partial charge in [-0.05, 0) is 5.56 Å². The summed E-state index contributed by atoms with van der Waals surface area (Å²) in [7, 11) is 0. The van der Waals surface area contributed by atoms with Gasteiger partial charge in [0.25, 0.3) is 5.69 Å². The van der Waals surface area contributed by atoms with Crippen molar-refractivity contribution in [3.05, 3.63) is 46.0 Å². The van der Waals surface area contributed by atoms with Gasteiger partial charge < -0.3 is 6.53 Å². The number of carboxylic acid groups (broad SMARTS) is 1. The number of aliphatic carboxylic acids is 1. The first-order chi connectivity index (χ1) is 7.54. The number of hydrogen-bond donors (Lipinski definition) is 1. The molecule has 0 saturated heterocycles. The summed E-state index contributed by atoms with van der Waals surface area (Å²) in [6.07, 6.45) is 0.707. The topological polar surface area (TPSA) is 104 Å². The number of hydrogen-bond acceptors (Lipinski definition) is 4. The van der Waals surface area contributed by atoms with E-state index < -0.39 is 10.9 Å². The van der Waals surface area contributed by atoms with Gasteiger partial charge in [-0.1, -0.05) is 12.1 Å². The van der Waals surface area contributed by atoms with Gasteiger partial charge in [0.1, 0.15) is 6.07 Å². The second kappa shape index (κ2) is 7.31. The summed E-state index contributed by atoms with van der Waals surface area (Å²) < 4.78 is 0. The number of nitro benzene ring substituents is 1. The van der Waals surface area contributed by atoms with E-state index in [1.54, 1.807) is 6.07 Å². The fraction of sp³-hybridized carbons (Fsp3) is 0. The van der Waals surface area contributed by atoms with Gasteiger partial charge in [-0.3, -0.25) is 10.1 Å². The first-order valence-electron chi connectivity index (χ1n) is 4.14. The molecule has 0 saturated carbocycles. The summed E-state index contributed by atoms with van der Waals surface area (Å²) in [5.74, 6) is -1.27. The molecule has 0 amide bonds. The number of nitrogens with zero attached hydrogens (tertiary/aromatic N) is 2. The average Bonchev–Trinajstić information content (AvgIpc) is 2.25. The number of rotatable bonds is 3. The van der Waals surface area contributed by atoms with Crippen LogP contribution >= 0.6 is 0 Å². The van der Waals surface area contributed by atoms with Crippen LogP contribution < -0.4 is 51.4 Å². The Hall–Kier alpha value is -1.04. The second-order valence-corrected chi connectivity index (χ2v) is 2.82. The minimum absolute atomic E-state index is 0. The Kier molecular flexibility index (Phi) is 6.87. The zero-order valence-electron chi connectivity index (χ0n) is 9.95. The van der Waals surface area contributed by atoms with Gasteiger partial charge in [0, 0.05) is 18.2 Å². The van der Waals surface area contributed by atoms with Crippen LogP contribution in [0.1, 0.15) is 6.99 Å². The van der Waals surface area contributed by atoms with Crippen LogP contribution in [-0.2, 0) is 4.79 Å². The van der Waals surface area contributed by atoms with E-state index in [0.29, 0.717) is 6.08 Å². The van der Waals surface area contributed by atoms with Gasteiger partial charge in [0.2, 0.25) is 0 Å². The van der Waals surface area contributed by atoms with Gasteiger partial charge >= 0.3 is 57.4 Å². The Bertz CT molecular complexity index is 525. The van der Waals surface area contributed by atoms with Crippen molar-refractivity contribution < 1.29 is 67.6 Å². The van der Waals surface area contributed by atoms with Crippen molar-refractivity contribution in [2.45, 2.75) is 0 Å². The molecular formula is C10H7KN2O4. The molecule has 0 radical (unpaired) electrons. The van der Waals surface area contributed by atoms with Crippen molar-refractivity contribution in [2.24, 2.45) is 0 Å². The molecule has 7 heteroatoms. The number of carbonyl (C=O) groups is 1. The molecular weight excluding hydrogens is 251 g/mol. The van der Waals surface area contributed by atoms with Crippen LogP contribution in [0.5, 0.6) is 0 Å². The molecule has 6 nitrogen and oxygen atoms in total. The van der Waals surface area contributed by atoms with E-state index in [0.717, 1.165) is 6.07 Å². The Morgan fingerprint density at radius 3 is 2.71 bits per heavy atom. The summed E-state index contributed by atoms with van der Waals surface area (Å²) in [4.78, 5) is 20.3. The molecule has 0 heterocycles. The molecule has 0 fully saturated rings. The van der Waals surface area contributed by atoms with E-state index in [9.17, 15) is 14.9 Å². The molecule has 1 aromatic rings. The van der Waals surface area contributed by atoms with Crippen LogP contribution in [0.25, 0.3) is 5.57 Å². The Morgan fingerprint density at radius 1 is 1.59 bits per heavy atom. The molecule has 0 aliphatic heterocycles. The van der Waals surface area contributed by atoms with Crippen LogP contribution in [0.3, 0.4) is 0 Å². The second-order valence-electron chi connectivity index (χ2n) is 2.82. The fourth-order valence-electron chi connectivity index (χ4n) is 1.09. The predicted octanol–water partition coefficient (Wildman–Crippen LogP) is -1.30. The molecule has 17 heavy (non-hydrogen) atoms. The van der Waals surface area contributed by atoms with Crippen molar-refractivity contribution >= 4 is 17.2 Å². The van der Waals surface area contributed by atoms with Crippen LogP contribution in [0.4, 0.5) is 5.69 Å². The number of benzene rings is 1. The molecule has 1 N–H and O–H groups in total. The maximum atomic E-state index is 10.5. The molecule has 0 aliphatic rings. The smallest absolute Gasteiger partial charge is 1.00 e. The third kappa shape index (κ3) is 4.76. The van der Waals surface area contributed by atoms with Crippen LogP contribution in [0, 0.1) is 21.4 Å². The average molecular weight is 258 g/mol. The SMILES string of the molecule is N#CC(=CC(=O)O)c1cccc([N+](=O)[O-])c1.[H-].[K+]. The van der Waals surface area contributed by atoms with Gasteiger partial charge in [-0.2, -0.15) is 5.26 Å². The molecule has 1 aromatic carbocycles. The van der Waals surface area contributed by atoms with Crippen LogP contribution in [0.15, 0.2) is 30.3 Å². The Labute approximate surface area is 141 Å². The van der Waals surface area contributed by atoms with Gasteiger partial charge in [-0.25, -0.2) is 4.79 Å². The van der Waals surface area contributed by atoms with Crippen molar-refractivity contribution in [1.82, 2.24) is 0 Å². The fourth-order valence-corrected chi connectivity index (χ4v) is 1.09. The normalized spacial score (nSPS) is 9.94. The first kappa shape index (κ1) is 16.0. The molecule has 0 atom stereocenters. The quantitative estimate of drug-likeness (QED) is 0.239. The monoisotopic (exact) mass is 258 g/mol. The van der Waals surface area contributed by atoms with E-state index in [4.69, 9.17) is 10.4 Å². The van der Waals surface area contributed by atoms with E-state index in [2.05, 4.69) is 0 Å². The largest absolute Gasteiger partial charge is 1.00 e. The zero-order chi connectivity index (χ0) is 12.1. The Balaban J connectivity index is 0. The molecule has 0 spiro atoms. The van der Waals surface area contributed by atoms with E-state index in [1.165, 1.54) is 18.2 Å². The molecule has 0 aromatic heterocycles. The number of nitriles is 1. The third-order valence-corrected chi connectivity index (χ3v) is 1.76. The van der Waals surface area contributed by atoms with Crippen molar-refractivity contribution in [2.75, 3.05) is 0 Å². The maximum Gasteiger partial charge on any atom is 1.00 e. The van der Waals surface area contributed by atoms with E-state index in [-0.39, 0.29) is 69.6 Å². The number of allylic oxidation sites excluding steroid dienone is 1. The summed E-state index contributed by atoms with van der Waals surface area (Å²) in [6.45, 7) is 0. The van der Waals surface area contributed by atoms with Crippen molar-refractivity contribution in [3.63, 3.8) is 0 Å². The van der Waals surface area contributed by atoms with Crippen molar-refractivity contribution in [1.29, 1.82) is 5.26 Å². The summed E-state index contributed by atoms with van der Waals surface area (Å²) in [5, 5.41) is 27.7. The minimum atomic E-state index is -1.27. The predicted molar refractivity (Wildman–Crippen MR) is 55.4 cm³/mol. The number of carboxylic acids is 1. The Morgan fingerprint density at radius 2 is 2.24 bits per heavy atom. The summed E-state index contributed by atoms with van der Waals surface area (Å²) in [6, 6.07) is 6.91. The first-order valence-corrected chi connectivity index (χ1v) is 4.14. The minimum Gasteiger partial charge on any atom is -1.00 e. The van der Waals surface area contributed by atoms with Crippen molar-refractivity contribution in [3.8, 4) is 6.07 Å². The number of nitro groups is 1. The van der Waals surface area contributed by atoms with Gasteiger partial charge in [0.05, 0.1) is 10.5 Å². The molecule has 82 valence electrons. The summed E-state index contributed by atoms with van der Waals surface area (Å²) in [5.41, 5.74) is -0.112. The summed E-state index contributed by atoms with van der Waals surface area (Å²) >= 11 is 0. The molecule has 0 unspecified atom stereocenters. The maximum absolute atomic E-state index is 10.5. The molecule has 0 aliphatic carbocycles. The third-order valence-electron chi connectivity index (χ3n) is 1.76. The van der Waals surface area contributed by atoms with E-state index in [1.807, 2.05) is 0 Å². The number of non-ortho nitro benzene ring substituents is 1. The standard InChI is InChI=1S/C10H6N2O4.K.H/c11-6-8(5-10(13)14)7-2-1-3-9(4-7)12(15)16;;/h1-5H,(H,13,14);;/q;+1;-1. The van der Waals surface area contributed by atoms with Gasteiger partial charge in [0.15, 0.2) is 0 Å². The molecule has 0 bridgehead atoms. The molecule has 1 rings (SSSR count). The zero-order valence-corrected chi connectivity index (χ0v) is 12.1. The van der Waals surface area contributed by atoms with Crippen LogP contribution in [0.2, 0.25) is 0 Å². The van der Waals surface area contributed by atoms with E-state index >= 15 is 0 Å².